The number of nitrogens with zero attached hydrogens (tertiary/aromatic N) is 6. The van der Waals surface area contributed by atoms with Crippen LogP contribution < -0.4 is 0 Å². The van der Waals surface area contributed by atoms with Gasteiger partial charge in [0.1, 0.15) is 16.4 Å². The van der Waals surface area contributed by atoms with E-state index in [9.17, 15) is 18.0 Å². The highest BCUT2D eigenvalue weighted by Gasteiger charge is 2.32. The van der Waals surface area contributed by atoms with Crippen LogP contribution in [0.4, 0.5) is 13.2 Å². The summed E-state index contributed by atoms with van der Waals surface area (Å²) < 4.78 is 47.6. The van der Waals surface area contributed by atoms with E-state index in [0.29, 0.717) is 39.2 Å². The molecule has 0 aliphatic carbocycles. The van der Waals surface area contributed by atoms with Gasteiger partial charge in [0.15, 0.2) is 11.3 Å². The third kappa shape index (κ3) is 3.57. The van der Waals surface area contributed by atoms with Crippen molar-refractivity contribution in [3.8, 4) is 11.4 Å². The van der Waals surface area contributed by atoms with E-state index in [4.69, 9.17) is 4.74 Å². The fourth-order valence-electron chi connectivity index (χ4n) is 3.37. The average Bonchev–Trinajstić information content (AvgIpc) is 3.25. The van der Waals surface area contributed by atoms with Crippen LogP contribution >= 0.6 is 11.8 Å². The molecule has 0 bridgehead atoms. The van der Waals surface area contributed by atoms with Crippen LogP contribution in [0.2, 0.25) is 0 Å². The molecule has 4 rings (SSSR count). The maximum atomic E-state index is 13.1. The zero-order chi connectivity index (χ0) is 23.2. The number of carbonyl (C=O) groups is 1. The highest BCUT2D eigenvalue weighted by molar-refractivity contribution is 7.99. The van der Waals surface area contributed by atoms with Crippen LogP contribution in [0.25, 0.3) is 28.2 Å². The van der Waals surface area contributed by atoms with Gasteiger partial charge in [-0.2, -0.15) is 18.3 Å². The van der Waals surface area contributed by atoms with E-state index < -0.39 is 17.7 Å². The summed E-state index contributed by atoms with van der Waals surface area (Å²) in [6, 6.07) is 0.974. The molecule has 0 aliphatic heterocycles. The Balaban J connectivity index is 1.96. The maximum absolute atomic E-state index is 13.1. The molecule has 0 spiro atoms. The number of thioether (sulfide) groups is 1. The van der Waals surface area contributed by atoms with Crippen molar-refractivity contribution in [3.05, 3.63) is 35.3 Å². The Morgan fingerprint density at radius 2 is 1.91 bits per heavy atom. The maximum Gasteiger partial charge on any atom is 0.417 e. The molecule has 0 saturated carbocycles. The highest BCUT2D eigenvalue weighted by Crippen LogP contribution is 2.36. The Morgan fingerprint density at radius 3 is 2.56 bits per heavy atom. The number of halogens is 3. The number of hydrogen-bond acceptors (Lipinski definition) is 7. The van der Waals surface area contributed by atoms with Gasteiger partial charge in [-0.1, -0.05) is 6.92 Å². The zero-order valence-electron chi connectivity index (χ0n) is 17.7. The Kier molecular flexibility index (Phi) is 5.57. The second-order valence-corrected chi connectivity index (χ2v) is 8.14. The smallest absolute Gasteiger partial charge is 0.417 e. The van der Waals surface area contributed by atoms with E-state index in [-0.39, 0.29) is 17.7 Å². The summed E-state index contributed by atoms with van der Waals surface area (Å²) >= 11 is 1.44. The first-order valence-electron chi connectivity index (χ1n) is 9.75. The largest absolute Gasteiger partial charge is 0.462 e. The molecule has 0 aromatic carbocycles. The zero-order valence-corrected chi connectivity index (χ0v) is 18.5. The first-order valence-corrected chi connectivity index (χ1v) is 10.7. The van der Waals surface area contributed by atoms with Gasteiger partial charge in [-0.3, -0.25) is 0 Å². The van der Waals surface area contributed by atoms with Gasteiger partial charge in [0.05, 0.1) is 29.0 Å². The number of rotatable bonds is 5. The molecule has 0 saturated heterocycles. The van der Waals surface area contributed by atoms with Crippen LogP contribution in [0.3, 0.4) is 0 Å². The van der Waals surface area contributed by atoms with Gasteiger partial charge in [0.25, 0.3) is 0 Å². The minimum absolute atomic E-state index is 0.115. The van der Waals surface area contributed by atoms with Crippen molar-refractivity contribution in [2.24, 2.45) is 7.05 Å². The fraction of sp³-hybridized carbons (Fsp3) is 0.350. The molecule has 0 amide bonds. The number of imidazole rings is 1. The van der Waals surface area contributed by atoms with Gasteiger partial charge in [-0.15, -0.1) is 11.8 Å². The van der Waals surface area contributed by atoms with E-state index in [2.05, 4.69) is 20.1 Å². The summed E-state index contributed by atoms with van der Waals surface area (Å²) in [7, 11) is 1.68. The molecule has 12 heteroatoms. The standard InChI is InChI=1S/C20H19F3N6O2S/c1-5-31-19(30)12-9-25-16-14(18(32-6-2)27-29(16)10(12)3)17-26-13-7-11(20(21,22)23)8-24-15(13)28(17)4/h7-9H,5-6H2,1-4H3. The second kappa shape index (κ2) is 8.08. The molecule has 0 atom stereocenters. The van der Waals surface area contributed by atoms with E-state index in [0.717, 1.165) is 12.3 Å². The van der Waals surface area contributed by atoms with Gasteiger partial charge < -0.3 is 9.30 Å². The van der Waals surface area contributed by atoms with Crippen molar-refractivity contribution in [3.63, 3.8) is 0 Å². The number of pyridine rings is 1. The predicted molar refractivity (Wildman–Crippen MR) is 113 cm³/mol. The number of aromatic nitrogens is 6. The minimum Gasteiger partial charge on any atom is -0.462 e. The summed E-state index contributed by atoms with van der Waals surface area (Å²) in [6.07, 6.45) is -2.31. The van der Waals surface area contributed by atoms with Crippen molar-refractivity contribution >= 4 is 34.5 Å². The number of carbonyl (C=O) groups excluding carboxylic acids is 1. The molecular formula is C20H19F3N6O2S. The summed E-state index contributed by atoms with van der Waals surface area (Å²) in [5, 5.41) is 5.20. The van der Waals surface area contributed by atoms with Crippen LogP contribution in [-0.2, 0) is 18.0 Å². The van der Waals surface area contributed by atoms with E-state index >= 15 is 0 Å². The molecule has 32 heavy (non-hydrogen) atoms. The second-order valence-electron chi connectivity index (χ2n) is 6.89. The lowest BCUT2D eigenvalue weighted by molar-refractivity contribution is -0.137. The predicted octanol–water partition coefficient (Wildman–Crippen LogP) is 4.29. The molecule has 0 radical (unpaired) electrons. The fourth-order valence-corrected chi connectivity index (χ4v) is 4.11. The molecule has 0 N–H and O–H groups in total. The SMILES string of the molecule is CCOC(=O)c1cnc2c(-c3nc4cc(C(F)(F)F)cnc4n3C)c(SCC)nn2c1C. The number of ether oxygens (including phenoxy) is 1. The molecular weight excluding hydrogens is 445 g/mol. The normalized spacial score (nSPS) is 12.1. The topological polar surface area (TPSA) is 87.2 Å². The van der Waals surface area contributed by atoms with Gasteiger partial charge >= 0.3 is 12.1 Å². The van der Waals surface area contributed by atoms with Crippen LogP contribution in [0.15, 0.2) is 23.5 Å². The lowest BCUT2D eigenvalue weighted by Gasteiger charge is -2.07. The van der Waals surface area contributed by atoms with E-state index in [1.807, 2.05) is 6.92 Å². The number of aryl methyl sites for hydroxylation is 2. The lowest BCUT2D eigenvalue weighted by atomic mass is 10.2. The Labute approximate surface area is 184 Å². The van der Waals surface area contributed by atoms with Gasteiger partial charge in [-0.25, -0.2) is 24.3 Å². The van der Waals surface area contributed by atoms with Gasteiger partial charge in [0, 0.05) is 19.4 Å². The monoisotopic (exact) mass is 464 g/mol. The first-order chi connectivity index (χ1) is 15.2. The summed E-state index contributed by atoms with van der Waals surface area (Å²) in [6.45, 7) is 5.62. The highest BCUT2D eigenvalue weighted by atomic mass is 32.2. The quantitative estimate of drug-likeness (QED) is 0.322. The molecule has 168 valence electrons. The van der Waals surface area contributed by atoms with Crippen molar-refractivity contribution in [2.75, 3.05) is 12.4 Å². The third-order valence-corrected chi connectivity index (χ3v) is 5.74. The lowest BCUT2D eigenvalue weighted by Crippen LogP contribution is -2.11. The van der Waals surface area contributed by atoms with Crippen LogP contribution in [-0.4, -0.2) is 47.5 Å². The molecule has 0 fully saturated rings. The summed E-state index contributed by atoms with van der Waals surface area (Å²) in [5.41, 5.74) is 1.36. The third-order valence-electron chi connectivity index (χ3n) is 4.89. The molecule has 4 heterocycles. The number of fused-ring (bicyclic) bond motifs is 2. The van der Waals surface area contributed by atoms with Crippen LogP contribution in [0.5, 0.6) is 0 Å². The van der Waals surface area contributed by atoms with Crippen LogP contribution in [0, 0.1) is 6.92 Å². The molecule has 8 nitrogen and oxygen atoms in total. The van der Waals surface area contributed by atoms with Crippen LogP contribution in [0.1, 0.15) is 35.5 Å². The van der Waals surface area contributed by atoms with Gasteiger partial charge in [0.2, 0.25) is 0 Å². The number of hydrogen-bond donors (Lipinski definition) is 0. The Bertz CT molecular complexity index is 1350. The van der Waals surface area contributed by atoms with Crippen molar-refractivity contribution in [1.29, 1.82) is 0 Å². The van der Waals surface area contributed by atoms with Gasteiger partial charge in [-0.05, 0) is 25.7 Å². The van der Waals surface area contributed by atoms with Crippen molar-refractivity contribution in [1.82, 2.24) is 29.1 Å². The average molecular weight is 464 g/mol. The number of esters is 1. The Hall–Kier alpha value is -3.15. The van der Waals surface area contributed by atoms with Crippen molar-refractivity contribution < 1.29 is 22.7 Å². The molecule has 4 aromatic rings. The molecule has 4 aromatic heterocycles. The van der Waals surface area contributed by atoms with Crippen molar-refractivity contribution in [2.45, 2.75) is 32.0 Å². The Morgan fingerprint density at radius 1 is 1.19 bits per heavy atom. The summed E-state index contributed by atoms with van der Waals surface area (Å²) in [4.78, 5) is 25.1. The molecule has 0 unspecified atom stereocenters. The molecule has 0 aliphatic rings. The number of alkyl halides is 3. The minimum atomic E-state index is -4.52. The summed E-state index contributed by atoms with van der Waals surface area (Å²) in [5.74, 6) is 0.572. The first kappa shape index (κ1) is 22.1. The van der Waals surface area contributed by atoms with E-state index in [1.54, 1.807) is 25.5 Å². The van der Waals surface area contributed by atoms with E-state index in [1.165, 1.54) is 22.5 Å².